The monoisotopic (exact) mass is 459 g/mol. The highest BCUT2D eigenvalue weighted by Crippen LogP contribution is 2.47. The highest BCUT2D eigenvalue weighted by atomic mass is 79.9. The van der Waals surface area contributed by atoms with Crippen molar-refractivity contribution in [2.45, 2.75) is 38.7 Å². The largest absolute Gasteiger partial charge is 0.389 e. The molecule has 0 saturated heterocycles. The molecular formula is C23H23BrFNO3. The van der Waals surface area contributed by atoms with Gasteiger partial charge in [-0.15, -0.1) is 0 Å². The molecule has 0 spiro atoms. The maximum atomic E-state index is 14.0. The average molecular weight is 460 g/mol. The highest BCUT2D eigenvalue weighted by Gasteiger charge is 2.49. The zero-order chi connectivity index (χ0) is 21.3. The molecule has 0 saturated carbocycles. The number of hydrogen-bond acceptors (Lipinski definition) is 4. The SMILES string of the molecule is CC(=O)C1=C(Nc2ccc(Br)cc2)C[C@](C)(O)[C@@H](C(C)=O)[C@H]1c1cccc(F)c1. The number of carbonyl (C=O) groups is 2. The van der Waals surface area contributed by atoms with Gasteiger partial charge in [-0.05, 0) is 62.7 Å². The normalized spacial score (nSPS) is 24.3. The summed E-state index contributed by atoms with van der Waals surface area (Å²) in [6.07, 6.45) is 0.105. The summed E-state index contributed by atoms with van der Waals surface area (Å²) in [6.45, 7) is 4.42. The lowest BCUT2D eigenvalue weighted by Gasteiger charge is -2.43. The molecule has 0 bridgehead atoms. The predicted octanol–water partition coefficient (Wildman–Crippen LogP) is 4.99. The summed E-state index contributed by atoms with van der Waals surface area (Å²) in [6, 6.07) is 13.3. The van der Waals surface area contributed by atoms with Gasteiger partial charge in [0.2, 0.25) is 0 Å². The van der Waals surface area contributed by atoms with Crippen molar-refractivity contribution in [3.05, 3.63) is 75.7 Å². The first-order valence-electron chi connectivity index (χ1n) is 9.35. The Labute approximate surface area is 178 Å². The van der Waals surface area contributed by atoms with Gasteiger partial charge >= 0.3 is 0 Å². The molecule has 1 aliphatic carbocycles. The summed E-state index contributed by atoms with van der Waals surface area (Å²) in [5.41, 5.74) is 0.767. The second-order valence-corrected chi connectivity index (χ2v) is 8.65. The predicted molar refractivity (Wildman–Crippen MR) is 114 cm³/mol. The van der Waals surface area contributed by atoms with Crippen LogP contribution in [0, 0.1) is 11.7 Å². The van der Waals surface area contributed by atoms with Crippen LogP contribution in [0.2, 0.25) is 0 Å². The van der Waals surface area contributed by atoms with E-state index in [0.29, 0.717) is 16.8 Å². The smallest absolute Gasteiger partial charge is 0.158 e. The summed E-state index contributed by atoms with van der Waals surface area (Å²) < 4.78 is 14.9. The van der Waals surface area contributed by atoms with Gasteiger partial charge < -0.3 is 10.4 Å². The van der Waals surface area contributed by atoms with E-state index >= 15 is 0 Å². The van der Waals surface area contributed by atoms with E-state index in [9.17, 15) is 19.1 Å². The first kappa shape index (κ1) is 21.4. The minimum absolute atomic E-state index is 0.105. The summed E-state index contributed by atoms with van der Waals surface area (Å²) in [5, 5.41) is 14.4. The maximum absolute atomic E-state index is 14.0. The van der Waals surface area contributed by atoms with E-state index in [1.807, 2.05) is 24.3 Å². The third-order valence-corrected chi connectivity index (χ3v) is 5.87. The maximum Gasteiger partial charge on any atom is 0.158 e. The average Bonchev–Trinajstić information content (AvgIpc) is 2.61. The van der Waals surface area contributed by atoms with Gasteiger partial charge in [-0.3, -0.25) is 9.59 Å². The molecule has 6 heteroatoms. The molecule has 152 valence electrons. The van der Waals surface area contributed by atoms with Crippen molar-refractivity contribution in [1.82, 2.24) is 0 Å². The Hall–Kier alpha value is -2.31. The first-order chi connectivity index (χ1) is 13.6. The van der Waals surface area contributed by atoms with Crippen LogP contribution in [-0.4, -0.2) is 22.3 Å². The lowest BCUT2D eigenvalue weighted by atomic mass is 9.64. The van der Waals surface area contributed by atoms with Crippen LogP contribution in [0.15, 0.2) is 64.3 Å². The Balaban J connectivity index is 2.21. The lowest BCUT2D eigenvalue weighted by Crippen LogP contribution is -2.48. The van der Waals surface area contributed by atoms with Gasteiger partial charge in [-0.25, -0.2) is 4.39 Å². The molecule has 2 aromatic carbocycles. The topological polar surface area (TPSA) is 66.4 Å². The number of ketones is 2. The molecule has 0 unspecified atom stereocenters. The van der Waals surface area contributed by atoms with E-state index < -0.39 is 23.3 Å². The van der Waals surface area contributed by atoms with Crippen molar-refractivity contribution in [2.75, 3.05) is 5.32 Å². The third kappa shape index (κ3) is 4.49. The third-order valence-electron chi connectivity index (χ3n) is 5.34. The van der Waals surface area contributed by atoms with Crippen molar-refractivity contribution in [3.8, 4) is 0 Å². The van der Waals surface area contributed by atoms with E-state index in [-0.39, 0.29) is 18.0 Å². The minimum atomic E-state index is -1.40. The number of aliphatic hydroxyl groups is 1. The zero-order valence-corrected chi connectivity index (χ0v) is 18.1. The second kappa shape index (κ2) is 8.20. The quantitative estimate of drug-likeness (QED) is 0.660. The number of nitrogens with one attached hydrogen (secondary N) is 1. The van der Waals surface area contributed by atoms with Crippen LogP contribution < -0.4 is 5.32 Å². The molecule has 0 radical (unpaired) electrons. The summed E-state index contributed by atoms with van der Waals surface area (Å²) in [5.74, 6) is -2.53. The van der Waals surface area contributed by atoms with Crippen molar-refractivity contribution in [3.63, 3.8) is 0 Å². The molecule has 2 N–H and O–H groups in total. The van der Waals surface area contributed by atoms with E-state index in [2.05, 4.69) is 21.2 Å². The van der Waals surface area contributed by atoms with Crippen LogP contribution in [0.1, 0.15) is 38.7 Å². The van der Waals surface area contributed by atoms with Crippen molar-refractivity contribution < 1.29 is 19.1 Å². The first-order valence-corrected chi connectivity index (χ1v) is 10.1. The van der Waals surface area contributed by atoms with E-state index in [1.165, 1.54) is 26.0 Å². The van der Waals surface area contributed by atoms with Crippen LogP contribution in [0.5, 0.6) is 0 Å². The number of benzene rings is 2. The molecule has 2 aromatic rings. The Kier molecular flexibility index (Phi) is 6.05. The number of halogens is 2. The molecular weight excluding hydrogens is 437 g/mol. The fraction of sp³-hybridized carbons (Fsp3) is 0.304. The van der Waals surface area contributed by atoms with Crippen LogP contribution in [0.3, 0.4) is 0 Å². The van der Waals surface area contributed by atoms with Gasteiger partial charge in [0.25, 0.3) is 0 Å². The van der Waals surface area contributed by atoms with E-state index in [4.69, 9.17) is 0 Å². The Morgan fingerprint density at radius 2 is 1.83 bits per heavy atom. The minimum Gasteiger partial charge on any atom is -0.389 e. The Morgan fingerprint density at radius 3 is 2.38 bits per heavy atom. The molecule has 0 aliphatic heterocycles. The van der Waals surface area contributed by atoms with E-state index in [0.717, 1.165) is 10.2 Å². The van der Waals surface area contributed by atoms with Crippen molar-refractivity contribution in [1.29, 1.82) is 0 Å². The van der Waals surface area contributed by atoms with Gasteiger partial charge in [0.15, 0.2) is 5.78 Å². The van der Waals surface area contributed by atoms with Gasteiger partial charge in [-0.1, -0.05) is 28.1 Å². The summed E-state index contributed by atoms with van der Waals surface area (Å²) >= 11 is 3.39. The zero-order valence-electron chi connectivity index (χ0n) is 16.5. The lowest BCUT2D eigenvalue weighted by molar-refractivity contribution is -0.131. The van der Waals surface area contributed by atoms with Crippen LogP contribution in [-0.2, 0) is 9.59 Å². The Bertz CT molecular complexity index is 982. The fourth-order valence-corrected chi connectivity index (χ4v) is 4.52. The van der Waals surface area contributed by atoms with Gasteiger partial charge in [-0.2, -0.15) is 0 Å². The fourth-order valence-electron chi connectivity index (χ4n) is 4.26. The molecule has 3 rings (SSSR count). The Morgan fingerprint density at radius 1 is 1.17 bits per heavy atom. The molecule has 4 nitrogen and oxygen atoms in total. The molecule has 0 fully saturated rings. The molecule has 0 heterocycles. The number of rotatable bonds is 5. The van der Waals surface area contributed by atoms with Gasteiger partial charge in [0.05, 0.1) is 11.5 Å². The number of carbonyl (C=O) groups excluding carboxylic acids is 2. The van der Waals surface area contributed by atoms with Crippen LogP contribution in [0.25, 0.3) is 0 Å². The van der Waals surface area contributed by atoms with Crippen LogP contribution in [0.4, 0.5) is 10.1 Å². The van der Waals surface area contributed by atoms with E-state index in [1.54, 1.807) is 19.1 Å². The number of anilines is 1. The van der Waals surface area contributed by atoms with Crippen molar-refractivity contribution >= 4 is 33.2 Å². The van der Waals surface area contributed by atoms with Crippen molar-refractivity contribution in [2.24, 2.45) is 5.92 Å². The molecule has 0 aromatic heterocycles. The molecule has 29 heavy (non-hydrogen) atoms. The number of hydrogen-bond donors (Lipinski definition) is 2. The number of Topliss-reactive ketones (excluding diaryl/α,β-unsaturated/α-hetero) is 2. The second-order valence-electron chi connectivity index (χ2n) is 7.74. The summed E-state index contributed by atoms with van der Waals surface area (Å²) in [7, 11) is 0. The van der Waals surface area contributed by atoms with Crippen LogP contribution >= 0.6 is 15.9 Å². The summed E-state index contributed by atoms with van der Waals surface area (Å²) in [4.78, 5) is 25.2. The molecule has 3 atom stereocenters. The van der Waals surface area contributed by atoms with Gasteiger partial charge in [0, 0.05) is 33.8 Å². The standard InChI is InChI=1S/C23H23BrFNO3/c1-13(27)20-19(26-18-9-7-16(24)8-10-18)12-23(3,29)22(14(2)28)21(20)15-5-4-6-17(25)11-15/h4-11,21-22,26,29H,12H2,1-3H3/t21-,22-,23-/m0/s1. The molecule has 0 amide bonds. The number of allylic oxidation sites excluding steroid dienone is 1. The highest BCUT2D eigenvalue weighted by molar-refractivity contribution is 9.10. The molecule has 1 aliphatic rings. The van der Waals surface area contributed by atoms with Gasteiger partial charge in [0.1, 0.15) is 11.6 Å².